The lowest BCUT2D eigenvalue weighted by Gasteiger charge is -2.15. The summed E-state index contributed by atoms with van der Waals surface area (Å²) in [6.45, 7) is 1.84. The molecule has 1 N–H and O–H groups in total. The number of nitrogens with one attached hydrogen (secondary N) is 1. The molecule has 0 unspecified atom stereocenters. The molecule has 0 saturated carbocycles. The van der Waals surface area contributed by atoms with Gasteiger partial charge in [-0.05, 0) is 61.0 Å². The van der Waals surface area contributed by atoms with Gasteiger partial charge in [0, 0.05) is 16.1 Å². The highest BCUT2D eigenvalue weighted by Gasteiger charge is 2.19. The van der Waals surface area contributed by atoms with Crippen LogP contribution in [-0.2, 0) is 0 Å². The van der Waals surface area contributed by atoms with Crippen molar-refractivity contribution in [1.82, 2.24) is 10.3 Å². The Balaban J connectivity index is 1.59. The Morgan fingerprint density at radius 3 is 2.47 bits per heavy atom. The SMILES string of the molecule is C[C@H](NC(=O)c1ccccc1-c1ncc(-c2ccc(Cl)cc2)o1)c1ccc(F)cc1. The van der Waals surface area contributed by atoms with E-state index in [0.717, 1.165) is 11.1 Å². The summed E-state index contributed by atoms with van der Waals surface area (Å²) in [6, 6.07) is 20.1. The van der Waals surface area contributed by atoms with Gasteiger partial charge in [0.2, 0.25) is 5.89 Å². The van der Waals surface area contributed by atoms with Crippen molar-refractivity contribution in [3.63, 3.8) is 0 Å². The standard InChI is InChI=1S/C24H18ClFN2O2/c1-15(16-8-12-19(26)13-9-16)28-23(29)20-4-2-3-5-21(20)24-27-14-22(30-24)17-6-10-18(25)11-7-17/h2-15H,1H3,(H,28,29)/t15-/m0/s1. The number of rotatable bonds is 5. The quantitative estimate of drug-likeness (QED) is 0.412. The first-order chi connectivity index (χ1) is 14.5. The zero-order valence-corrected chi connectivity index (χ0v) is 16.9. The molecule has 0 aliphatic heterocycles. The van der Waals surface area contributed by atoms with Gasteiger partial charge in [0.15, 0.2) is 5.76 Å². The lowest BCUT2D eigenvalue weighted by Crippen LogP contribution is -2.27. The van der Waals surface area contributed by atoms with E-state index >= 15 is 0 Å². The molecule has 6 heteroatoms. The summed E-state index contributed by atoms with van der Waals surface area (Å²) >= 11 is 5.94. The summed E-state index contributed by atoms with van der Waals surface area (Å²) in [4.78, 5) is 17.3. The third kappa shape index (κ3) is 4.26. The van der Waals surface area contributed by atoms with Crippen LogP contribution in [0.5, 0.6) is 0 Å². The second kappa shape index (κ2) is 8.51. The molecule has 1 amide bonds. The molecule has 1 heterocycles. The van der Waals surface area contributed by atoms with Crippen LogP contribution in [0.1, 0.15) is 28.9 Å². The number of carbonyl (C=O) groups excluding carboxylic acids is 1. The molecular weight excluding hydrogens is 403 g/mol. The largest absolute Gasteiger partial charge is 0.436 e. The van der Waals surface area contributed by atoms with E-state index < -0.39 is 0 Å². The van der Waals surface area contributed by atoms with Crippen LogP contribution in [0.2, 0.25) is 5.02 Å². The number of amides is 1. The van der Waals surface area contributed by atoms with Gasteiger partial charge in [0.05, 0.1) is 17.8 Å². The number of hydrogen-bond acceptors (Lipinski definition) is 3. The molecule has 4 aromatic rings. The lowest BCUT2D eigenvalue weighted by atomic mass is 10.0. The Morgan fingerprint density at radius 2 is 1.73 bits per heavy atom. The summed E-state index contributed by atoms with van der Waals surface area (Å²) in [7, 11) is 0. The van der Waals surface area contributed by atoms with Crippen molar-refractivity contribution < 1.29 is 13.6 Å². The van der Waals surface area contributed by atoms with E-state index in [9.17, 15) is 9.18 Å². The van der Waals surface area contributed by atoms with Gasteiger partial charge in [0.25, 0.3) is 5.91 Å². The van der Waals surface area contributed by atoms with E-state index in [1.54, 1.807) is 48.7 Å². The predicted octanol–water partition coefficient (Wildman–Crippen LogP) is 6.29. The second-order valence-electron chi connectivity index (χ2n) is 6.83. The van der Waals surface area contributed by atoms with Crippen molar-refractivity contribution in [2.75, 3.05) is 0 Å². The zero-order chi connectivity index (χ0) is 21.1. The van der Waals surface area contributed by atoms with Gasteiger partial charge in [-0.15, -0.1) is 0 Å². The van der Waals surface area contributed by atoms with Gasteiger partial charge in [-0.25, -0.2) is 9.37 Å². The van der Waals surface area contributed by atoms with Gasteiger partial charge in [-0.2, -0.15) is 0 Å². The maximum Gasteiger partial charge on any atom is 0.252 e. The summed E-state index contributed by atoms with van der Waals surface area (Å²) < 4.78 is 19.1. The van der Waals surface area contributed by atoms with Crippen LogP contribution in [0.4, 0.5) is 4.39 Å². The van der Waals surface area contributed by atoms with Crippen LogP contribution in [0.3, 0.4) is 0 Å². The minimum atomic E-state index is -0.317. The molecular formula is C24H18ClFN2O2. The first kappa shape index (κ1) is 19.9. The molecule has 0 radical (unpaired) electrons. The molecule has 4 nitrogen and oxygen atoms in total. The first-order valence-corrected chi connectivity index (χ1v) is 9.76. The molecule has 30 heavy (non-hydrogen) atoms. The smallest absolute Gasteiger partial charge is 0.252 e. The number of hydrogen-bond donors (Lipinski definition) is 1. The number of carbonyl (C=O) groups is 1. The third-order valence-electron chi connectivity index (χ3n) is 4.75. The molecule has 0 aliphatic carbocycles. The Labute approximate surface area is 178 Å². The van der Waals surface area contributed by atoms with E-state index in [0.29, 0.717) is 27.8 Å². The van der Waals surface area contributed by atoms with Gasteiger partial charge >= 0.3 is 0 Å². The maximum absolute atomic E-state index is 13.2. The normalized spacial score (nSPS) is 11.8. The molecule has 4 rings (SSSR count). The van der Waals surface area contributed by atoms with Crippen LogP contribution < -0.4 is 5.32 Å². The van der Waals surface area contributed by atoms with E-state index in [4.69, 9.17) is 16.0 Å². The van der Waals surface area contributed by atoms with E-state index in [2.05, 4.69) is 10.3 Å². The second-order valence-corrected chi connectivity index (χ2v) is 7.27. The summed E-state index contributed by atoms with van der Waals surface area (Å²) in [6.07, 6.45) is 1.62. The fraction of sp³-hybridized carbons (Fsp3) is 0.0833. The molecule has 3 aromatic carbocycles. The number of benzene rings is 3. The molecule has 0 saturated heterocycles. The number of aromatic nitrogens is 1. The van der Waals surface area contributed by atoms with Crippen LogP contribution >= 0.6 is 11.6 Å². The van der Waals surface area contributed by atoms with Crippen molar-refractivity contribution in [3.05, 3.63) is 101 Å². The predicted molar refractivity (Wildman–Crippen MR) is 115 cm³/mol. The number of nitrogens with zero attached hydrogens (tertiary/aromatic N) is 1. The fourth-order valence-electron chi connectivity index (χ4n) is 3.12. The molecule has 1 atom stereocenters. The van der Waals surface area contributed by atoms with Crippen LogP contribution in [0, 0.1) is 5.82 Å². The molecule has 0 bridgehead atoms. The average molecular weight is 421 g/mol. The number of oxazole rings is 1. The summed E-state index contributed by atoms with van der Waals surface area (Å²) in [5.41, 5.74) is 2.67. The van der Waals surface area contributed by atoms with Crippen molar-refractivity contribution in [3.8, 4) is 22.8 Å². The monoisotopic (exact) mass is 420 g/mol. The third-order valence-corrected chi connectivity index (χ3v) is 5.01. The van der Waals surface area contributed by atoms with Gasteiger partial charge < -0.3 is 9.73 Å². The van der Waals surface area contributed by atoms with E-state index in [1.807, 2.05) is 25.1 Å². The van der Waals surface area contributed by atoms with Crippen LogP contribution in [0.25, 0.3) is 22.8 Å². The van der Waals surface area contributed by atoms with Crippen molar-refractivity contribution in [2.45, 2.75) is 13.0 Å². The Kier molecular flexibility index (Phi) is 5.63. The van der Waals surface area contributed by atoms with Crippen molar-refractivity contribution in [1.29, 1.82) is 0 Å². The minimum Gasteiger partial charge on any atom is -0.436 e. The van der Waals surface area contributed by atoms with Crippen molar-refractivity contribution >= 4 is 17.5 Å². The van der Waals surface area contributed by atoms with Gasteiger partial charge in [0.1, 0.15) is 5.82 Å². The highest BCUT2D eigenvalue weighted by Crippen LogP contribution is 2.29. The lowest BCUT2D eigenvalue weighted by molar-refractivity contribution is 0.0940. The molecule has 150 valence electrons. The molecule has 0 fully saturated rings. The Morgan fingerprint density at radius 1 is 1.03 bits per heavy atom. The van der Waals surface area contributed by atoms with Crippen molar-refractivity contribution in [2.24, 2.45) is 0 Å². The van der Waals surface area contributed by atoms with Crippen LogP contribution in [-0.4, -0.2) is 10.9 Å². The van der Waals surface area contributed by atoms with E-state index in [1.165, 1.54) is 12.1 Å². The summed E-state index contributed by atoms with van der Waals surface area (Å²) in [5, 5.41) is 3.58. The molecule has 1 aromatic heterocycles. The van der Waals surface area contributed by atoms with Gasteiger partial charge in [-0.3, -0.25) is 4.79 Å². The van der Waals surface area contributed by atoms with E-state index in [-0.39, 0.29) is 17.8 Å². The average Bonchev–Trinajstić information content (AvgIpc) is 3.25. The van der Waals surface area contributed by atoms with Crippen LogP contribution in [0.15, 0.2) is 83.4 Å². The summed E-state index contributed by atoms with van der Waals surface area (Å²) in [5.74, 6) is 0.341. The Hall–Kier alpha value is -3.44. The number of halogens is 2. The zero-order valence-electron chi connectivity index (χ0n) is 16.1. The minimum absolute atomic E-state index is 0.270. The topological polar surface area (TPSA) is 55.1 Å². The highest BCUT2D eigenvalue weighted by atomic mass is 35.5. The molecule has 0 spiro atoms. The highest BCUT2D eigenvalue weighted by molar-refractivity contribution is 6.30. The molecule has 0 aliphatic rings. The Bertz CT molecular complexity index is 1170. The maximum atomic E-state index is 13.2. The first-order valence-electron chi connectivity index (χ1n) is 9.39. The fourth-order valence-corrected chi connectivity index (χ4v) is 3.25. The van der Waals surface area contributed by atoms with Gasteiger partial charge in [-0.1, -0.05) is 35.9 Å².